The van der Waals surface area contributed by atoms with Crippen LogP contribution in [0.2, 0.25) is 5.15 Å². The van der Waals surface area contributed by atoms with Gasteiger partial charge in [-0.2, -0.15) is 5.10 Å². The van der Waals surface area contributed by atoms with Crippen LogP contribution in [0.3, 0.4) is 0 Å². The second-order valence-corrected chi connectivity index (χ2v) is 9.52. The average molecular weight is 395 g/mol. The molecule has 3 rings (SSSR count). The minimum absolute atomic E-state index is 0.355. The average Bonchev–Trinajstić information content (AvgIpc) is 2.91. The number of rotatable bonds is 5. The molecule has 1 amide bonds. The fraction of sp³-hybridized carbons (Fsp3) is 0.810. The van der Waals surface area contributed by atoms with E-state index >= 15 is 0 Å². The van der Waals surface area contributed by atoms with Gasteiger partial charge >= 0.3 is 0 Å². The van der Waals surface area contributed by atoms with Crippen molar-refractivity contribution in [2.24, 2.45) is 18.4 Å². The predicted molar refractivity (Wildman–Crippen MR) is 110 cm³/mol. The first kappa shape index (κ1) is 20.7. The van der Waals surface area contributed by atoms with Crippen molar-refractivity contribution in [3.8, 4) is 0 Å². The predicted octanol–water partition coefficient (Wildman–Crippen LogP) is 3.89. The fourth-order valence-corrected chi connectivity index (χ4v) is 4.67. The van der Waals surface area contributed by atoms with Gasteiger partial charge in [-0.15, -0.1) is 0 Å². The monoisotopic (exact) mass is 394 g/mol. The lowest BCUT2D eigenvalue weighted by atomic mass is 9.72. The van der Waals surface area contributed by atoms with E-state index in [4.69, 9.17) is 11.6 Å². The van der Waals surface area contributed by atoms with Gasteiger partial charge in [0.15, 0.2) is 0 Å². The van der Waals surface area contributed by atoms with Crippen molar-refractivity contribution in [1.29, 1.82) is 0 Å². The van der Waals surface area contributed by atoms with Crippen LogP contribution >= 0.6 is 11.6 Å². The number of aromatic nitrogens is 2. The summed E-state index contributed by atoms with van der Waals surface area (Å²) in [5.41, 5.74) is 2.70. The summed E-state index contributed by atoms with van der Waals surface area (Å²) in [6.07, 6.45) is 6.56. The molecule has 2 heterocycles. The van der Waals surface area contributed by atoms with Gasteiger partial charge in [-0.05, 0) is 43.4 Å². The van der Waals surface area contributed by atoms with Crippen LogP contribution < -0.4 is 0 Å². The molecule has 1 aromatic heterocycles. The lowest BCUT2D eigenvalue weighted by molar-refractivity contribution is -0.134. The minimum Gasteiger partial charge on any atom is -0.340 e. The number of piperazine rings is 1. The molecule has 152 valence electrons. The maximum atomic E-state index is 12.7. The quantitative estimate of drug-likeness (QED) is 0.760. The van der Waals surface area contributed by atoms with Gasteiger partial charge in [-0.25, -0.2) is 0 Å². The van der Waals surface area contributed by atoms with E-state index in [-0.39, 0.29) is 0 Å². The molecule has 2 aliphatic rings. The molecule has 0 aromatic carbocycles. The summed E-state index contributed by atoms with van der Waals surface area (Å²) in [5, 5.41) is 5.25. The molecule has 1 saturated heterocycles. The smallest absolute Gasteiger partial charge is 0.222 e. The van der Waals surface area contributed by atoms with Gasteiger partial charge in [0, 0.05) is 51.8 Å². The fourth-order valence-electron chi connectivity index (χ4n) is 4.46. The first-order valence-corrected chi connectivity index (χ1v) is 10.9. The van der Waals surface area contributed by atoms with Crippen molar-refractivity contribution in [2.45, 2.75) is 65.8 Å². The first-order chi connectivity index (χ1) is 12.8. The molecule has 0 N–H and O–H groups in total. The lowest BCUT2D eigenvalue weighted by Gasteiger charge is -2.37. The summed E-state index contributed by atoms with van der Waals surface area (Å²) in [6, 6.07) is 0. The zero-order valence-corrected chi connectivity index (χ0v) is 18.2. The standard InChI is InChI=1S/C21H35ClN4O/c1-5-18-17(20(22)24(4)23-18)15-25-10-12-26(13-11-25)19(27)14-16-6-8-21(2,3)9-7-16/h16H,5-15H2,1-4H3. The number of amides is 1. The Balaban J connectivity index is 1.47. The van der Waals surface area contributed by atoms with Gasteiger partial charge in [0.05, 0.1) is 5.69 Å². The molecule has 0 atom stereocenters. The number of carbonyl (C=O) groups is 1. The molecule has 0 spiro atoms. The zero-order valence-electron chi connectivity index (χ0n) is 17.4. The number of halogens is 1. The Hall–Kier alpha value is -1.07. The van der Waals surface area contributed by atoms with Crippen LogP contribution in [0.25, 0.3) is 0 Å². The highest BCUT2D eigenvalue weighted by molar-refractivity contribution is 6.30. The largest absolute Gasteiger partial charge is 0.340 e. The second-order valence-electron chi connectivity index (χ2n) is 9.16. The summed E-state index contributed by atoms with van der Waals surface area (Å²) in [4.78, 5) is 17.2. The Bertz CT molecular complexity index is 651. The molecule has 0 radical (unpaired) electrons. The van der Waals surface area contributed by atoms with E-state index in [0.29, 0.717) is 17.2 Å². The van der Waals surface area contributed by atoms with E-state index in [1.54, 1.807) is 4.68 Å². The van der Waals surface area contributed by atoms with Gasteiger partial charge in [0.25, 0.3) is 0 Å². The Morgan fingerprint density at radius 1 is 1.19 bits per heavy atom. The minimum atomic E-state index is 0.355. The lowest BCUT2D eigenvalue weighted by Crippen LogP contribution is -2.48. The number of aryl methyl sites for hydroxylation is 2. The second kappa shape index (κ2) is 8.52. The van der Waals surface area contributed by atoms with Crippen molar-refractivity contribution in [3.05, 3.63) is 16.4 Å². The van der Waals surface area contributed by atoms with Crippen LogP contribution in [-0.4, -0.2) is 51.7 Å². The first-order valence-electron chi connectivity index (χ1n) is 10.5. The maximum absolute atomic E-state index is 12.7. The highest BCUT2D eigenvalue weighted by Crippen LogP contribution is 2.39. The van der Waals surface area contributed by atoms with Crippen LogP contribution in [0.4, 0.5) is 0 Å². The van der Waals surface area contributed by atoms with Crippen LogP contribution in [0.1, 0.15) is 64.1 Å². The molecular weight excluding hydrogens is 360 g/mol. The van der Waals surface area contributed by atoms with Crippen molar-refractivity contribution < 1.29 is 4.79 Å². The summed E-state index contributed by atoms with van der Waals surface area (Å²) in [7, 11) is 1.90. The third-order valence-electron chi connectivity index (χ3n) is 6.52. The normalized spacial score (nSPS) is 21.6. The van der Waals surface area contributed by atoms with Gasteiger partial charge in [0.2, 0.25) is 5.91 Å². The Morgan fingerprint density at radius 3 is 2.41 bits per heavy atom. The summed E-state index contributed by atoms with van der Waals surface area (Å²) >= 11 is 6.43. The van der Waals surface area contributed by atoms with E-state index < -0.39 is 0 Å². The number of hydrogen-bond donors (Lipinski definition) is 0. The topological polar surface area (TPSA) is 41.4 Å². The van der Waals surface area contributed by atoms with Crippen LogP contribution in [0.5, 0.6) is 0 Å². The molecule has 0 bridgehead atoms. The van der Waals surface area contributed by atoms with E-state index in [9.17, 15) is 4.79 Å². The van der Waals surface area contributed by atoms with Gasteiger partial charge in [-0.3, -0.25) is 14.4 Å². The molecule has 5 nitrogen and oxygen atoms in total. The van der Waals surface area contributed by atoms with E-state index in [1.807, 2.05) is 7.05 Å². The Kier molecular flexibility index (Phi) is 6.52. The van der Waals surface area contributed by atoms with Gasteiger partial charge < -0.3 is 4.90 Å². The van der Waals surface area contributed by atoms with Crippen molar-refractivity contribution >= 4 is 17.5 Å². The van der Waals surface area contributed by atoms with Crippen molar-refractivity contribution in [3.63, 3.8) is 0 Å². The van der Waals surface area contributed by atoms with E-state index in [1.165, 1.54) is 25.7 Å². The number of carbonyl (C=O) groups excluding carboxylic acids is 1. The van der Waals surface area contributed by atoms with Crippen molar-refractivity contribution in [1.82, 2.24) is 19.6 Å². The summed E-state index contributed by atoms with van der Waals surface area (Å²) in [5.74, 6) is 0.942. The molecule has 1 saturated carbocycles. The molecule has 1 aliphatic carbocycles. The Labute approximate surface area is 169 Å². The van der Waals surface area contributed by atoms with E-state index in [0.717, 1.165) is 62.0 Å². The third kappa shape index (κ3) is 5.05. The summed E-state index contributed by atoms with van der Waals surface area (Å²) in [6.45, 7) is 11.1. The third-order valence-corrected chi connectivity index (χ3v) is 6.99. The van der Waals surface area contributed by atoms with Crippen LogP contribution in [0, 0.1) is 11.3 Å². The van der Waals surface area contributed by atoms with E-state index in [2.05, 4.69) is 35.7 Å². The molecular formula is C21H35ClN4O. The SMILES string of the molecule is CCc1nn(C)c(Cl)c1CN1CCN(C(=O)CC2CCC(C)(C)CC2)CC1. The maximum Gasteiger partial charge on any atom is 0.222 e. The van der Waals surface area contributed by atoms with Crippen LogP contribution in [-0.2, 0) is 24.8 Å². The Morgan fingerprint density at radius 2 is 1.81 bits per heavy atom. The highest BCUT2D eigenvalue weighted by atomic mass is 35.5. The molecule has 2 fully saturated rings. The van der Waals surface area contributed by atoms with Gasteiger partial charge in [-0.1, -0.05) is 32.4 Å². The van der Waals surface area contributed by atoms with Crippen LogP contribution in [0.15, 0.2) is 0 Å². The molecule has 0 unspecified atom stereocenters. The van der Waals surface area contributed by atoms with Gasteiger partial charge in [0.1, 0.15) is 5.15 Å². The summed E-state index contributed by atoms with van der Waals surface area (Å²) < 4.78 is 1.76. The number of hydrogen-bond acceptors (Lipinski definition) is 3. The van der Waals surface area contributed by atoms with Crippen molar-refractivity contribution in [2.75, 3.05) is 26.2 Å². The highest BCUT2D eigenvalue weighted by Gasteiger charge is 2.30. The molecule has 1 aliphatic heterocycles. The molecule has 27 heavy (non-hydrogen) atoms. The number of nitrogens with zero attached hydrogens (tertiary/aromatic N) is 4. The molecule has 6 heteroatoms. The zero-order chi connectivity index (χ0) is 19.6. The molecule has 1 aromatic rings.